The lowest BCUT2D eigenvalue weighted by Gasteiger charge is -2.20. The van der Waals surface area contributed by atoms with Gasteiger partial charge in [-0.1, -0.05) is 18.6 Å². The van der Waals surface area contributed by atoms with Crippen molar-refractivity contribution in [3.63, 3.8) is 0 Å². The molecule has 0 heterocycles. The maximum absolute atomic E-state index is 12.4. The van der Waals surface area contributed by atoms with E-state index in [1.165, 1.54) is 24.3 Å². The number of hydrogen-bond acceptors (Lipinski definition) is 4. The van der Waals surface area contributed by atoms with Crippen LogP contribution in [0, 0.1) is 5.92 Å². The lowest BCUT2D eigenvalue weighted by atomic mass is 10.1. The highest BCUT2D eigenvalue weighted by Crippen LogP contribution is 2.29. The quantitative estimate of drug-likeness (QED) is 0.818. The van der Waals surface area contributed by atoms with Gasteiger partial charge in [0.15, 0.2) is 0 Å². The van der Waals surface area contributed by atoms with Gasteiger partial charge >= 0.3 is 6.61 Å². The standard InChI is InChI=1S/C13H18F2N2O3S.ClH/c14-13(15)20-11-6-1-2-7-12(11)21(18,19)17-10-5-3-4-9(10)8-16;/h1-2,6-7,9-10,13,17H,3-5,8,16H2;1H. The van der Waals surface area contributed by atoms with Crippen LogP contribution in [-0.2, 0) is 10.0 Å². The van der Waals surface area contributed by atoms with E-state index in [9.17, 15) is 17.2 Å². The maximum Gasteiger partial charge on any atom is 0.387 e. The van der Waals surface area contributed by atoms with Crippen LogP contribution in [0.3, 0.4) is 0 Å². The van der Waals surface area contributed by atoms with E-state index in [1.54, 1.807) is 0 Å². The molecule has 2 atom stereocenters. The lowest BCUT2D eigenvalue weighted by Crippen LogP contribution is -2.39. The summed E-state index contributed by atoms with van der Waals surface area (Å²) in [6.07, 6.45) is 2.45. The summed E-state index contributed by atoms with van der Waals surface area (Å²) in [6.45, 7) is -2.69. The van der Waals surface area contributed by atoms with E-state index < -0.39 is 16.6 Å². The number of nitrogens with one attached hydrogen (secondary N) is 1. The second kappa shape index (κ2) is 8.05. The monoisotopic (exact) mass is 356 g/mol. The molecule has 0 amide bonds. The molecule has 1 aliphatic carbocycles. The van der Waals surface area contributed by atoms with E-state index >= 15 is 0 Å². The summed E-state index contributed by atoms with van der Waals surface area (Å²) in [5.41, 5.74) is 5.62. The summed E-state index contributed by atoms with van der Waals surface area (Å²) >= 11 is 0. The molecule has 2 rings (SSSR count). The number of rotatable bonds is 6. The van der Waals surface area contributed by atoms with E-state index in [2.05, 4.69) is 9.46 Å². The van der Waals surface area contributed by atoms with Crippen LogP contribution in [-0.4, -0.2) is 27.6 Å². The summed E-state index contributed by atoms with van der Waals surface area (Å²) in [4.78, 5) is -0.284. The largest absolute Gasteiger partial charge is 0.433 e. The third kappa shape index (κ3) is 4.52. The van der Waals surface area contributed by atoms with E-state index in [-0.39, 0.29) is 35.0 Å². The Morgan fingerprint density at radius 2 is 2.00 bits per heavy atom. The van der Waals surface area contributed by atoms with E-state index in [1.807, 2.05) is 0 Å². The fourth-order valence-corrected chi connectivity index (χ4v) is 4.08. The van der Waals surface area contributed by atoms with E-state index in [4.69, 9.17) is 5.73 Å². The molecule has 0 aliphatic heterocycles. The Morgan fingerprint density at radius 3 is 2.64 bits per heavy atom. The number of sulfonamides is 1. The summed E-state index contributed by atoms with van der Waals surface area (Å²) in [6, 6.07) is 5.08. The first kappa shape index (κ1) is 19.1. The first-order valence-corrected chi connectivity index (χ1v) is 8.18. The summed E-state index contributed by atoms with van der Waals surface area (Å²) in [5.74, 6) is -0.287. The first-order valence-electron chi connectivity index (χ1n) is 6.70. The van der Waals surface area contributed by atoms with Crippen LogP contribution in [0.25, 0.3) is 0 Å². The molecule has 9 heteroatoms. The van der Waals surface area contributed by atoms with Gasteiger partial charge in [-0.3, -0.25) is 0 Å². The molecule has 0 bridgehead atoms. The average molecular weight is 357 g/mol. The molecule has 3 N–H and O–H groups in total. The number of alkyl halides is 2. The zero-order chi connectivity index (χ0) is 15.5. The Balaban J connectivity index is 0.00000242. The van der Waals surface area contributed by atoms with Crippen molar-refractivity contribution in [3.05, 3.63) is 24.3 Å². The van der Waals surface area contributed by atoms with Crippen molar-refractivity contribution in [1.82, 2.24) is 4.72 Å². The van der Waals surface area contributed by atoms with Gasteiger partial charge in [-0.15, -0.1) is 12.4 Å². The van der Waals surface area contributed by atoms with Crippen LogP contribution in [0.1, 0.15) is 19.3 Å². The van der Waals surface area contributed by atoms with Gasteiger partial charge < -0.3 is 10.5 Å². The Bertz CT molecular complexity index is 586. The minimum atomic E-state index is -3.93. The number of benzene rings is 1. The predicted octanol–water partition coefficient (Wildman–Crippen LogP) is 2.12. The van der Waals surface area contributed by atoms with Crippen LogP contribution in [0.2, 0.25) is 0 Å². The van der Waals surface area contributed by atoms with E-state index in [0.717, 1.165) is 12.8 Å². The van der Waals surface area contributed by atoms with Gasteiger partial charge in [0.2, 0.25) is 10.0 Å². The maximum atomic E-state index is 12.4. The molecule has 1 aromatic carbocycles. The van der Waals surface area contributed by atoms with Gasteiger partial charge in [0.25, 0.3) is 0 Å². The number of para-hydroxylation sites is 1. The fraction of sp³-hybridized carbons (Fsp3) is 0.538. The van der Waals surface area contributed by atoms with Crippen LogP contribution in [0.15, 0.2) is 29.2 Å². The molecule has 0 aromatic heterocycles. The van der Waals surface area contributed by atoms with Crippen LogP contribution in [0.5, 0.6) is 5.75 Å². The SMILES string of the molecule is Cl.NCC1CCCC1NS(=O)(=O)c1ccccc1OC(F)F. The second-order valence-electron chi connectivity index (χ2n) is 4.98. The van der Waals surface area contributed by atoms with Crippen molar-refractivity contribution in [2.45, 2.75) is 36.8 Å². The fourth-order valence-electron chi connectivity index (χ4n) is 2.60. The summed E-state index contributed by atoms with van der Waals surface area (Å²) in [7, 11) is -3.93. The van der Waals surface area contributed by atoms with E-state index in [0.29, 0.717) is 13.0 Å². The smallest absolute Gasteiger partial charge is 0.387 e. The normalized spacial score (nSPS) is 21.6. The number of halogens is 3. The minimum Gasteiger partial charge on any atom is -0.433 e. The van der Waals surface area contributed by atoms with Crippen molar-refractivity contribution in [2.24, 2.45) is 11.7 Å². The third-order valence-electron chi connectivity index (χ3n) is 3.62. The molecule has 0 radical (unpaired) electrons. The molecule has 0 spiro atoms. The van der Waals surface area contributed by atoms with Crippen LogP contribution < -0.4 is 15.2 Å². The molecule has 126 valence electrons. The molecule has 1 aliphatic rings. The molecule has 1 fully saturated rings. The Morgan fingerprint density at radius 1 is 1.32 bits per heavy atom. The van der Waals surface area contributed by atoms with Crippen LogP contribution in [0.4, 0.5) is 8.78 Å². The van der Waals surface area contributed by atoms with Crippen molar-refractivity contribution in [2.75, 3.05) is 6.54 Å². The van der Waals surface area contributed by atoms with Gasteiger partial charge in [-0.25, -0.2) is 13.1 Å². The topological polar surface area (TPSA) is 81.4 Å². The minimum absolute atomic E-state index is 0. The molecular weight excluding hydrogens is 338 g/mol. The Labute approximate surface area is 134 Å². The average Bonchev–Trinajstić information content (AvgIpc) is 2.85. The molecule has 0 saturated heterocycles. The van der Waals surface area contributed by atoms with Gasteiger partial charge in [0.05, 0.1) is 0 Å². The molecule has 1 saturated carbocycles. The molecular formula is C13H19ClF2N2O3S. The molecule has 22 heavy (non-hydrogen) atoms. The van der Waals surface area contributed by atoms with Crippen molar-refractivity contribution >= 4 is 22.4 Å². The highest BCUT2D eigenvalue weighted by atomic mass is 35.5. The highest BCUT2D eigenvalue weighted by molar-refractivity contribution is 7.89. The molecule has 2 unspecified atom stereocenters. The predicted molar refractivity (Wildman–Crippen MR) is 80.8 cm³/mol. The zero-order valence-corrected chi connectivity index (χ0v) is 13.4. The Hall–Kier alpha value is -0.960. The number of ether oxygens (including phenoxy) is 1. The molecule has 1 aromatic rings. The molecule has 5 nitrogen and oxygen atoms in total. The van der Waals surface area contributed by atoms with Crippen molar-refractivity contribution in [3.8, 4) is 5.75 Å². The number of hydrogen-bond donors (Lipinski definition) is 2. The summed E-state index contributed by atoms with van der Waals surface area (Å²) < 4.78 is 56.3. The van der Waals surface area contributed by atoms with Gasteiger partial charge in [0.1, 0.15) is 10.6 Å². The Kier molecular flexibility index (Phi) is 6.98. The lowest BCUT2D eigenvalue weighted by molar-refractivity contribution is -0.0517. The summed E-state index contributed by atoms with van der Waals surface area (Å²) in [5, 5.41) is 0. The van der Waals surface area contributed by atoms with Crippen molar-refractivity contribution < 1.29 is 21.9 Å². The second-order valence-corrected chi connectivity index (χ2v) is 6.66. The third-order valence-corrected chi connectivity index (χ3v) is 5.15. The van der Waals surface area contributed by atoms with Gasteiger partial charge in [-0.2, -0.15) is 8.78 Å². The number of nitrogens with two attached hydrogens (primary N) is 1. The highest BCUT2D eigenvalue weighted by Gasteiger charge is 2.31. The van der Waals surface area contributed by atoms with Crippen molar-refractivity contribution in [1.29, 1.82) is 0 Å². The zero-order valence-electron chi connectivity index (χ0n) is 11.7. The van der Waals surface area contributed by atoms with Gasteiger partial charge in [-0.05, 0) is 37.4 Å². The van der Waals surface area contributed by atoms with Crippen LogP contribution >= 0.6 is 12.4 Å². The first-order chi connectivity index (χ1) is 9.94. The van der Waals surface area contributed by atoms with Gasteiger partial charge in [0, 0.05) is 6.04 Å².